The topological polar surface area (TPSA) is 68.0 Å². The fourth-order valence-electron chi connectivity index (χ4n) is 2.45. The summed E-state index contributed by atoms with van der Waals surface area (Å²) in [7, 11) is 1.90. The number of aromatic nitrogens is 3. The van der Waals surface area contributed by atoms with E-state index in [1.807, 2.05) is 14.0 Å². The van der Waals surface area contributed by atoms with Gasteiger partial charge in [-0.25, -0.2) is 9.48 Å². The summed E-state index contributed by atoms with van der Waals surface area (Å²) < 4.78 is 1.81. The highest BCUT2D eigenvalue weighted by atomic mass is 16.4. The van der Waals surface area contributed by atoms with Crippen molar-refractivity contribution in [2.75, 3.05) is 0 Å². The van der Waals surface area contributed by atoms with Gasteiger partial charge in [0, 0.05) is 13.1 Å². The van der Waals surface area contributed by atoms with Crippen LogP contribution in [0.15, 0.2) is 12.1 Å². The summed E-state index contributed by atoms with van der Waals surface area (Å²) in [5, 5.41) is 17.1. The quantitative estimate of drug-likeness (QED) is 0.856. The third-order valence-corrected chi connectivity index (χ3v) is 3.62. The van der Waals surface area contributed by atoms with Gasteiger partial charge in [-0.3, -0.25) is 0 Å². The number of carbonyl (C=O) groups is 1. The van der Waals surface area contributed by atoms with Gasteiger partial charge in [0.1, 0.15) is 5.52 Å². The van der Waals surface area contributed by atoms with Gasteiger partial charge in [0.25, 0.3) is 0 Å². The number of carboxylic acids is 1. The average Bonchev–Trinajstić information content (AvgIpc) is 3.13. The van der Waals surface area contributed by atoms with E-state index in [0.717, 1.165) is 22.2 Å². The Bertz CT molecular complexity index is 696. The lowest BCUT2D eigenvalue weighted by Crippen LogP contribution is -1.96. The third-order valence-electron chi connectivity index (χ3n) is 3.62. The molecule has 1 heterocycles. The van der Waals surface area contributed by atoms with Crippen LogP contribution in [0, 0.1) is 6.92 Å². The van der Waals surface area contributed by atoms with E-state index < -0.39 is 5.97 Å². The maximum atomic E-state index is 10.7. The van der Waals surface area contributed by atoms with Gasteiger partial charge in [0.05, 0.1) is 5.52 Å². The van der Waals surface area contributed by atoms with Crippen LogP contribution in [0.2, 0.25) is 0 Å². The summed E-state index contributed by atoms with van der Waals surface area (Å²) in [6, 6.07) is 2.08. The van der Waals surface area contributed by atoms with Gasteiger partial charge in [-0.15, -0.1) is 5.10 Å². The molecule has 1 aromatic heterocycles. The van der Waals surface area contributed by atoms with Crippen molar-refractivity contribution in [1.29, 1.82) is 0 Å². The van der Waals surface area contributed by atoms with Gasteiger partial charge in [0.15, 0.2) is 0 Å². The third kappa shape index (κ3) is 2.01. The monoisotopic (exact) mass is 257 g/mol. The molecule has 0 saturated heterocycles. The van der Waals surface area contributed by atoms with Crippen molar-refractivity contribution in [3.8, 4) is 0 Å². The van der Waals surface area contributed by atoms with E-state index in [1.54, 1.807) is 10.8 Å². The first-order valence-corrected chi connectivity index (χ1v) is 6.32. The van der Waals surface area contributed by atoms with Crippen LogP contribution < -0.4 is 0 Å². The lowest BCUT2D eigenvalue weighted by atomic mass is 9.99. The summed E-state index contributed by atoms with van der Waals surface area (Å²) >= 11 is 0. The van der Waals surface area contributed by atoms with Crippen LogP contribution in [-0.4, -0.2) is 26.1 Å². The Kier molecular flexibility index (Phi) is 2.62. The zero-order valence-corrected chi connectivity index (χ0v) is 10.9. The smallest absolute Gasteiger partial charge is 0.328 e. The van der Waals surface area contributed by atoms with Gasteiger partial charge < -0.3 is 5.11 Å². The molecule has 1 aliphatic carbocycles. The van der Waals surface area contributed by atoms with Gasteiger partial charge in [-0.2, -0.15) is 0 Å². The van der Waals surface area contributed by atoms with Crippen LogP contribution in [0.3, 0.4) is 0 Å². The molecule has 5 nitrogen and oxygen atoms in total. The highest BCUT2D eigenvalue weighted by Gasteiger charge is 2.28. The van der Waals surface area contributed by atoms with E-state index in [0.29, 0.717) is 5.92 Å². The van der Waals surface area contributed by atoms with Crippen molar-refractivity contribution < 1.29 is 9.90 Å². The molecule has 2 aromatic rings. The molecule has 0 amide bonds. The largest absolute Gasteiger partial charge is 0.478 e. The number of carboxylic acid groups (broad SMARTS) is 1. The van der Waals surface area contributed by atoms with Crippen LogP contribution >= 0.6 is 0 Å². The van der Waals surface area contributed by atoms with Crippen molar-refractivity contribution in [3.05, 3.63) is 28.8 Å². The van der Waals surface area contributed by atoms with Gasteiger partial charge >= 0.3 is 5.97 Å². The number of aryl methyl sites for hydroxylation is 2. The Morgan fingerprint density at radius 1 is 1.53 bits per heavy atom. The normalized spacial score (nSPS) is 15.5. The van der Waals surface area contributed by atoms with Crippen LogP contribution in [-0.2, 0) is 11.8 Å². The highest BCUT2D eigenvalue weighted by molar-refractivity contribution is 5.90. The van der Waals surface area contributed by atoms with Gasteiger partial charge in [-0.1, -0.05) is 5.21 Å². The molecule has 0 unspecified atom stereocenters. The molecule has 1 N–H and O–H groups in total. The predicted molar refractivity (Wildman–Crippen MR) is 71.9 cm³/mol. The first kappa shape index (κ1) is 11.9. The first-order valence-electron chi connectivity index (χ1n) is 6.32. The molecule has 1 fully saturated rings. The highest BCUT2D eigenvalue weighted by Crippen LogP contribution is 2.44. The lowest BCUT2D eigenvalue weighted by Gasteiger charge is -2.08. The minimum Gasteiger partial charge on any atom is -0.478 e. The minimum atomic E-state index is -0.938. The Morgan fingerprint density at radius 3 is 2.89 bits per heavy atom. The standard InChI is InChI=1S/C14H15N3O2/c1-8-10(5-6-12(18)19)7-11(9-3-4-9)14-13(8)15-16-17(14)2/h5-7,9H,3-4H2,1-2H3,(H,18,19)/b6-5+. The maximum Gasteiger partial charge on any atom is 0.328 e. The van der Waals surface area contributed by atoms with Crippen molar-refractivity contribution in [1.82, 2.24) is 15.0 Å². The van der Waals surface area contributed by atoms with Crippen LogP contribution in [0.5, 0.6) is 0 Å². The fourth-order valence-corrected chi connectivity index (χ4v) is 2.45. The molecule has 3 rings (SSSR count). The molecule has 98 valence electrons. The van der Waals surface area contributed by atoms with Gasteiger partial charge in [0.2, 0.25) is 0 Å². The second kappa shape index (κ2) is 4.19. The van der Waals surface area contributed by atoms with Crippen LogP contribution in [0.1, 0.15) is 35.4 Å². The number of benzene rings is 1. The number of fused-ring (bicyclic) bond motifs is 1. The van der Waals surface area contributed by atoms with Gasteiger partial charge in [-0.05, 0) is 54.5 Å². The Balaban J connectivity index is 2.23. The van der Waals surface area contributed by atoms with E-state index >= 15 is 0 Å². The second-order valence-corrected chi connectivity index (χ2v) is 5.04. The molecule has 1 aromatic carbocycles. The second-order valence-electron chi connectivity index (χ2n) is 5.04. The Morgan fingerprint density at radius 2 is 2.26 bits per heavy atom. The molecule has 1 saturated carbocycles. The van der Waals surface area contributed by atoms with Crippen molar-refractivity contribution in [2.45, 2.75) is 25.7 Å². The molecule has 1 aliphatic rings. The zero-order chi connectivity index (χ0) is 13.6. The average molecular weight is 257 g/mol. The van der Waals surface area contributed by atoms with E-state index in [-0.39, 0.29) is 0 Å². The number of nitrogens with zero attached hydrogens (tertiary/aromatic N) is 3. The summed E-state index contributed by atoms with van der Waals surface area (Å²) in [4.78, 5) is 10.7. The minimum absolute atomic E-state index is 0.567. The summed E-state index contributed by atoms with van der Waals surface area (Å²) in [6.45, 7) is 1.95. The number of aliphatic carboxylic acids is 1. The summed E-state index contributed by atoms with van der Waals surface area (Å²) in [6.07, 6.45) is 5.18. The SMILES string of the molecule is Cc1c(/C=C/C(=O)O)cc(C2CC2)c2c1nnn2C. The molecule has 0 bridgehead atoms. The van der Waals surface area contributed by atoms with E-state index in [2.05, 4.69) is 16.4 Å². The number of rotatable bonds is 3. The van der Waals surface area contributed by atoms with Crippen LogP contribution in [0.4, 0.5) is 0 Å². The maximum absolute atomic E-state index is 10.7. The summed E-state index contributed by atoms with van der Waals surface area (Å²) in [5.41, 5.74) is 5.07. The van der Waals surface area contributed by atoms with Crippen molar-refractivity contribution in [3.63, 3.8) is 0 Å². The van der Waals surface area contributed by atoms with Crippen molar-refractivity contribution >= 4 is 23.1 Å². The molecule has 0 spiro atoms. The predicted octanol–water partition coefficient (Wildman–Crippen LogP) is 2.25. The van der Waals surface area contributed by atoms with E-state index in [1.165, 1.54) is 24.5 Å². The molecule has 5 heteroatoms. The number of hydrogen-bond donors (Lipinski definition) is 1. The van der Waals surface area contributed by atoms with E-state index in [4.69, 9.17) is 5.11 Å². The molecular formula is C14H15N3O2. The fraction of sp³-hybridized carbons (Fsp3) is 0.357. The molecule has 0 atom stereocenters. The zero-order valence-electron chi connectivity index (χ0n) is 10.9. The molecular weight excluding hydrogens is 242 g/mol. The molecule has 19 heavy (non-hydrogen) atoms. The molecule has 0 radical (unpaired) electrons. The first-order chi connectivity index (χ1) is 9.08. The Hall–Kier alpha value is -2.17. The summed E-state index contributed by atoms with van der Waals surface area (Å²) in [5.74, 6) is -0.371. The Labute approximate surface area is 110 Å². The van der Waals surface area contributed by atoms with Crippen molar-refractivity contribution in [2.24, 2.45) is 7.05 Å². The van der Waals surface area contributed by atoms with E-state index in [9.17, 15) is 4.79 Å². The molecule has 0 aliphatic heterocycles. The number of hydrogen-bond acceptors (Lipinski definition) is 3. The van der Waals surface area contributed by atoms with Crippen LogP contribution in [0.25, 0.3) is 17.1 Å². The lowest BCUT2D eigenvalue weighted by molar-refractivity contribution is -0.131.